The zero-order chi connectivity index (χ0) is 25.5. The summed E-state index contributed by atoms with van der Waals surface area (Å²) in [6.45, 7) is 4.10. The van der Waals surface area contributed by atoms with Crippen LogP contribution in [-0.2, 0) is 22.6 Å². The molecule has 0 radical (unpaired) electrons. The predicted octanol–water partition coefficient (Wildman–Crippen LogP) is 1.95. The molecule has 1 aliphatic rings. The van der Waals surface area contributed by atoms with Crippen molar-refractivity contribution in [3.63, 3.8) is 0 Å². The second-order valence-electron chi connectivity index (χ2n) is 9.11. The van der Waals surface area contributed by atoms with E-state index < -0.39 is 24.2 Å². The van der Waals surface area contributed by atoms with Crippen molar-refractivity contribution in [1.29, 1.82) is 0 Å². The highest BCUT2D eigenvalue weighted by Crippen LogP contribution is 2.31. The van der Waals surface area contributed by atoms with Crippen molar-refractivity contribution >= 4 is 5.91 Å². The van der Waals surface area contributed by atoms with Gasteiger partial charge in [0, 0.05) is 41.9 Å². The van der Waals surface area contributed by atoms with Gasteiger partial charge < -0.3 is 20.5 Å². The van der Waals surface area contributed by atoms with Crippen molar-refractivity contribution in [2.75, 3.05) is 13.2 Å². The molecule has 0 spiro atoms. The minimum atomic E-state index is -0.841. The summed E-state index contributed by atoms with van der Waals surface area (Å²) in [4.78, 5) is 26.1. The van der Waals surface area contributed by atoms with Crippen LogP contribution in [-0.4, -0.2) is 62.6 Å². The molecule has 1 unspecified atom stereocenters. The lowest BCUT2D eigenvalue weighted by atomic mass is 9.92. The van der Waals surface area contributed by atoms with Crippen molar-refractivity contribution in [3.8, 4) is 11.8 Å². The summed E-state index contributed by atoms with van der Waals surface area (Å²) >= 11 is 0. The van der Waals surface area contributed by atoms with Crippen molar-refractivity contribution in [3.05, 3.63) is 89.0 Å². The number of nitrogens with zero attached hydrogens (tertiary/aromatic N) is 2. The number of aromatic nitrogens is 2. The van der Waals surface area contributed by atoms with Crippen LogP contribution in [0.4, 0.5) is 0 Å². The average Bonchev–Trinajstić information content (AvgIpc) is 3.52. The van der Waals surface area contributed by atoms with Crippen LogP contribution in [0.25, 0.3) is 0 Å². The van der Waals surface area contributed by atoms with Gasteiger partial charge in [0.05, 0.1) is 25.6 Å². The average molecular weight is 489 g/mol. The van der Waals surface area contributed by atoms with Crippen LogP contribution in [0.2, 0.25) is 0 Å². The Labute approximate surface area is 211 Å². The van der Waals surface area contributed by atoms with E-state index in [0.29, 0.717) is 19.5 Å². The zero-order valence-corrected chi connectivity index (χ0v) is 20.5. The molecular weight excluding hydrogens is 456 g/mol. The lowest BCUT2D eigenvalue weighted by Crippen LogP contribution is -2.48. The molecule has 1 saturated heterocycles. The number of H-pyrrole nitrogens is 1. The fourth-order valence-electron chi connectivity index (χ4n) is 4.30. The second-order valence-corrected chi connectivity index (χ2v) is 9.11. The van der Waals surface area contributed by atoms with E-state index in [1.54, 1.807) is 24.5 Å². The molecule has 188 valence electrons. The highest BCUT2D eigenvalue weighted by atomic mass is 16.7. The molecular formula is C28H32N4O4. The fraction of sp³-hybridized carbons (Fsp3) is 0.357. The number of nitrogens with one attached hydrogen (secondary N) is 2. The topological polar surface area (TPSA) is 111 Å². The highest BCUT2D eigenvalue weighted by molar-refractivity contribution is 5.82. The smallest absolute Gasteiger partial charge is 0.240 e. The van der Waals surface area contributed by atoms with E-state index >= 15 is 0 Å². The molecule has 1 fully saturated rings. The summed E-state index contributed by atoms with van der Waals surface area (Å²) in [6, 6.07) is 15.1. The van der Waals surface area contributed by atoms with Crippen molar-refractivity contribution in [1.82, 2.24) is 20.3 Å². The Bertz CT molecular complexity index is 1180. The number of hydrogen-bond donors (Lipinski definition) is 4. The molecule has 2 heterocycles. The molecule has 4 N–H and O–H groups in total. The standard InChI is InChI=1S/C28H32N4O4/c1-19-3-5-21(6-4-19)7-8-22-9-11-23(12-10-22)16-32-26(25(17-33)27(36-32)20(2)34)28(35)30-14-13-24-15-29-18-31-24/h3-6,9-12,15,18,20,25-27,33-34H,13-14,16-17H2,1-2H3,(H,29,31)(H,30,35)/t20-,25-,26-,27?/m0/s1. The molecule has 0 aliphatic carbocycles. The third-order valence-electron chi connectivity index (χ3n) is 6.29. The summed E-state index contributed by atoms with van der Waals surface area (Å²) in [5.41, 5.74) is 4.87. The number of carbonyl (C=O) groups is 1. The number of imidazole rings is 1. The van der Waals surface area contributed by atoms with Gasteiger partial charge in [-0.1, -0.05) is 41.7 Å². The van der Waals surface area contributed by atoms with Gasteiger partial charge in [0.25, 0.3) is 0 Å². The van der Waals surface area contributed by atoms with E-state index in [9.17, 15) is 15.0 Å². The van der Waals surface area contributed by atoms with Gasteiger partial charge in [-0.05, 0) is 43.7 Å². The summed E-state index contributed by atoms with van der Waals surface area (Å²) in [7, 11) is 0. The molecule has 0 bridgehead atoms. The van der Waals surface area contributed by atoms with Crippen LogP contribution < -0.4 is 5.32 Å². The molecule has 8 nitrogen and oxygen atoms in total. The SMILES string of the molecule is Cc1ccc(C#Cc2ccc(CN3OC([C@H](C)O)[C@@H](CO)[C@H]3C(=O)NCCc3cnc[nH]3)cc2)cc1. The number of aryl methyl sites for hydroxylation is 1. The Morgan fingerprint density at radius 3 is 2.42 bits per heavy atom. The van der Waals surface area contributed by atoms with Gasteiger partial charge in [0.15, 0.2) is 0 Å². The van der Waals surface area contributed by atoms with E-state index in [1.165, 1.54) is 5.56 Å². The molecule has 1 aliphatic heterocycles. The fourth-order valence-corrected chi connectivity index (χ4v) is 4.30. The van der Waals surface area contributed by atoms with Crippen LogP contribution in [0.3, 0.4) is 0 Å². The summed E-state index contributed by atoms with van der Waals surface area (Å²) in [6.07, 6.45) is 2.39. The van der Waals surface area contributed by atoms with Gasteiger partial charge >= 0.3 is 0 Å². The van der Waals surface area contributed by atoms with Crippen LogP contribution in [0.1, 0.15) is 34.9 Å². The van der Waals surface area contributed by atoms with E-state index in [4.69, 9.17) is 4.84 Å². The Morgan fingerprint density at radius 1 is 1.17 bits per heavy atom. The zero-order valence-electron chi connectivity index (χ0n) is 20.5. The first-order valence-corrected chi connectivity index (χ1v) is 12.1. The normalized spacial score (nSPS) is 20.5. The van der Waals surface area contributed by atoms with Crippen molar-refractivity contribution in [2.45, 2.75) is 45.1 Å². The van der Waals surface area contributed by atoms with Crippen LogP contribution in [0, 0.1) is 24.7 Å². The number of hydroxylamine groups is 2. The maximum absolute atomic E-state index is 13.1. The van der Waals surface area contributed by atoms with Crippen LogP contribution in [0.15, 0.2) is 61.1 Å². The molecule has 1 amide bonds. The van der Waals surface area contributed by atoms with Crippen LogP contribution >= 0.6 is 0 Å². The van der Waals surface area contributed by atoms with Crippen molar-refractivity contribution < 1.29 is 19.8 Å². The first kappa shape index (κ1) is 25.6. The van der Waals surface area contributed by atoms with E-state index in [1.807, 2.05) is 55.5 Å². The van der Waals surface area contributed by atoms with E-state index in [-0.39, 0.29) is 12.5 Å². The quantitative estimate of drug-likeness (QED) is 0.361. The third-order valence-corrected chi connectivity index (χ3v) is 6.29. The lowest BCUT2D eigenvalue weighted by molar-refractivity contribution is -0.192. The first-order chi connectivity index (χ1) is 17.4. The second kappa shape index (κ2) is 12.0. The molecule has 1 aromatic heterocycles. The summed E-state index contributed by atoms with van der Waals surface area (Å²) in [5.74, 6) is 5.52. The number of rotatable bonds is 8. The maximum Gasteiger partial charge on any atom is 0.240 e. The Morgan fingerprint density at radius 2 is 1.83 bits per heavy atom. The maximum atomic E-state index is 13.1. The van der Waals surface area contributed by atoms with Gasteiger partial charge in [0.2, 0.25) is 5.91 Å². The predicted molar refractivity (Wildman–Crippen MR) is 135 cm³/mol. The minimum Gasteiger partial charge on any atom is -0.396 e. The number of amides is 1. The van der Waals surface area contributed by atoms with E-state index in [0.717, 1.165) is 22.4 Å². The van der Waals surface area contributed by atoms with Gasteiger partial charge in [-0.2, -0.15) is 5.06 Å². The van der Waals surface area contributed by atoms with Gasteiger partial charge in [-0.15, -0.1) is 0 Å². The molecule has 4 rings (SSSR count). The Hall–Kier alpha value is -3.48. The number of aromatic amines is 1. The Balaban J connectivity index is 1.44. The number of benzene rings is 2. The number of aliphatic hydroxyl groups is 2. The summed E-state index contributed by atoms with van der Waals surface area (Å²) < 4.78 is 0. The molecule has 2 aromatic carbocycles. The third kappa shape index (κ3) is 6.39. The largest absolute Gasteiger partial charge is 0.396 e. The lowest BCUT2D eigenvalue weighted by Gasteiger charge is -2.24. The van der Waals surface area contributed by atoms with Crippen LogP contribution in [0.5, 0.6) is 0 Å². The van der Waals surface area contributed by atoms with E-state index in [2.05, 4.69) is 27.1 Å². The Kier molecular flexibility index (Phi) is 8.52. The van der Waals surface area contributed by atoms with Crippen molar-refractivity contribution in [2.24, 2.45) is 5.92 Å². The molecule has 36 heavy (non-hydrogen) atoms. The van der Waals surface area contributed by atoms with Gasteiger partial charge in [0.1, 0.15) is 12.1 Å². The van der Waals surface area contributed by atoms with Gasteiger partial charge in [-0.3, -0.25) is 9.63 Å². The first-order valence-electron chi connectivity index (χ1n) is 12.1. The molecule has 0 saturated carbocycles. The highest BCUT2D eigenvalue weighted by Gasteiger charge is 2.48. The molecule has 8 heteroatoms. The molecule has 4 atom stereocenters. The number of carbonyl (C=O) groups excluding carboxylic acids is 1. The number of aliphatic hydroxyl groups excluding tert-OH is 2. The van der Waals surface area contributed by atoms with Gasteiger partial charge in [-0.25, -0.2) is 4.98 Å². The molecule has 3 aromatic rings. The minimum absolute atomic E-state index is 0.253. The summed E-state index contributed by atoms with van der Waals surface area (Å²) in [5, 5.41) is 24.8. The number of hydrogen-bond acceptors (Lipinski definition) is 6. The monoisotopic (exact) mass is 488 g/mol.